The first kappa shape index (κ1) is 22.4. The first-order valence-electron chi connectivity index (χ1n) is 7.75. The van der Waals surface area contributed by atoms with Crippen molar-refractivity contribution in [1.82, 2.24) is 20.5 Å². The molecule has 2 N–H and O–H groups in total. The molecular weight excluding hydrogens is 470 g/mol. The van der Waals surface area contributed by atoms with Crippen molar-refractivity contribution in [2.24, 2.45) is 4.99 Å². The first-order valence-corrected chi connectivity index (χ1v) is 8.63. The van der Waals surface area contributed by atoms with E-state index in [1.807, 2.05) is 0 Å². The predicted molar refractivity (Wildman–Crippen MR) is 103 cm³/mol. The molecule has 1 aliphatic rings. The average molecular weight is 493 g/mol. The van der Waals surface area contributed by atoms with Crippen LogP contribution in [0.2, 0.25) is 0 Å². The van der Waals surface area contributed by atoms with E-state index in [1.54, 1.807) is 7.05 Å². The van der Waals surface area contributed by atoms with Crippen LogP contribution in [0.5, 0.6) is 0 Å². The number of rotatable bonds is 6. The molecule has 11 heteroatoms. The van der Waals surface area contributed by atoms with Gasteiger partial charge in [0.25, 0.3) is 0 Å². The Labute approximate surface area is 166 Å². The third kappa shape index (κ3) is 8.05. The van der Waals surface area contributed by atoms with Crippen molar-refractivity contribution in [1.29, 1.82) is 0 Å². The summed E-state index contributed by atoms with van der Waals surface area (Å²) in [5.74, 6) is 0.635. The smallest absolute Gasteiger partial charge is 0.379 e. The molecule has 1 fully saturated rings. The fourth-order valence-corrected chi connectivity index (χ4v) is 3.03. The van der Waals surface area contributed by atoms with E-state index in [4.69, 9.17) is 4.74 Å². The zero-order chi connectivity index (χ0) is 17.4. The fourth-order valence-electron chi connectivity index (χ4n) is 2.22. The Kier molecular flexibility index (Phi) is 9.97. The molecule has 1 aliphatic heterocycles. The van der Waals surface area contributed by atoms with E-state index in [2.05, 4.69) is 25.5 Å². The Morgan fingerprint density at radius 2 is 2.00 bits per heavy atom. The molecule has 0 atom stereocenters. The summed E-state index contributed by atoms with van der Waals surface area (Å²) >= 11 is 1.02. The molecule has 1 saturated heterocycles. The second-order valence-corrected chi connectivity index (χ2v) is 6.20. The van der Waals surface area contributed by atoms with Gasteiger partial charge in [0.15, 0.2) is 11.7 Å². The lowest BCUT2D eigenvalue weighted by Crippen LogP contribution is -2.44. The van der Waals surface area contributed by atoms with Gasteiger partial charge in [0, 0.05) is 51.6 Å². The minimum absolute atomic E-state index is 0. The van der Waals surface area contributed by atoms with E-state index in [0.29, 0.717) is 23.9 Å². The van der Waals surface area contributed by atoms with Crippen LogP contribution in [0.4, 0.5) is 13.2 Å². The van der Waals surface area contributed by atoms with Crippen LogP contribution in [0.15, 0.2) is 10.4 Å². The number of alkyl halides is 3. The molecule has 0 spiro atoms. The third-order valence-electron chi connectivity index (χ3n) is 3.52. The molecule has 0 saturated carbocycles. The number of guanidine groups is 1. The molecule has 0 aromatic carbocycles. The molecule has 1 aromatic rings. The average Bonchev–Trinajstić information content (AvgIpc) is 3.03. The van der Waals surface area contributed by atoms with Gasteiger partial charge in [-0.2, -0.15) is 13.2 Å². The topological polar surface area (TPSA) is 61.8 Å². The van der Waals surface area contributed by atoms with Gasteiger partial charge in [-0.1, -0.05) is 0 Å². The van der Waals surface area contributed by atoms with Crippen molar-refractivity contribution in [3.63, 3.8) is 0 Å². The molecule has 0 unspecified atom stereocenters. The highest BCUT2D eigenvalue weighted by Crippen LogP contribution is 2.29. The maximum atomic E-state index is 12.5. The van der Waals surface area contributed by atoms with E-state index in [0.717, 1.165) is 56.1 Å². The van der Waals surface area contributed by atoms with E-state index in [9.17, 15) is 13.2 Å². The van der Waals surface area contributed by atoms with Crippen LogP contribution in [-0.2, 0) is 17.3 Å². The zero-order valence-corrected chi connectivity index (χ0v) is 17.1. The summed E-state index contributed by atoms with van der Waals surface area (Å²) in [5, 5.41) is 7.78. The van der Waals surface area contributed by atoms with Gasteiger partial charge in [-0.05, 0) is 0 Å². The van der Waals surface area contributed by atoms with Crippen LogP contribution in [0.3, 0.4) is 0 Å². The second kappa shape index (κ2) is 11.1. The molecule has 0 aliphatic carbocycles. The summed E-state index contributed by atoms with van der Waals surface area (Å²) in [6, 6.07) is 0. The zero-order valence-electron chi connectivity index (χ0n) is 13.9. The van der Waals surface area contributed by atoms with Gasteiger partial charge in [0.2, 0.25) is 0 Å². The number of thiazole rings is 1. The minimum atomic E-state index is -4.38. The Bertz CT molecular complexity index is 535. The van der Waals surface area contributed by atoms with Crippen molar-refractivity contribution >= 4 is 41.3 Å². The maximum absolute atomic E-state index is 12.5. The molecule has 2 rings (SSSR count). The van der Waals surface area contributed by atoms with Crippen LogP contribution >= 0.6 is 35.3 Å². The molecule has 25 heavy (non-hydrogen) atoms. The van der Waals surface area contributed by atoms with Crippen molar-refractivity contribution in [2.45, 2.75) is 12.6 Å². The number of morpholine rings is 1. The molecular formula is C14H23F3IN5OS. The summed E-state index contributed by atoms with van der Waals surface area (Å²) in [5.41, 5.74) is -0.824. The van der Waals surface area contributed by atoms with E-state index >= 15 is 0 Å². The third-order valence-corrected chi connectivity index (χ3v) is 4.43. The first-order chi connectivity index (χ1) is 11.5. The number of ether oxygens (including phenoxy) is 1. The van der Waals surface area contributed by atoms with Crippen molar-refractivity contribution < 1.29 is 17.9 Å². The monoisotopic (exact) mass is 493 g/mol. The van der Waals surface area contributed by atoms with Gasteiger partial charge in [-0.15, -0.1) is 35.3 Å². The van der Waals surface area contributed by atoms with Gasteiger partial charge in [-0.25, -0.2) is 4.98 Å². The standard InChI is InChI=1S/C14H22F3N5OS.HI/c1-18-13(20-4-5-22-6-8-23-9-7-22)19-3-2-12-21-11(10-24-12)14(15,16)17;/h10H,2-9H2,1H3,(H2,18,19,20);1H. The van der Waals surface area contributed by atoms with Gasteiger partial charge in [0.05, 0.1) is 18.2 Å². The number of nitrogens with one attached hydrogen (secondary N) is 2. The molecule has 6 nitrogen and oxygen atoms in total. The van der Waals surface area contributed by atoms with Crippen LogP contribution in [0, 0.1) is 0 Å². The van der Waals surface area contributed by atoms with E-state index < -0.39 is 11.9 Å². The summed E-state index contributed by atoms with van der Waals surface area (Å²) in [6.45, 7) is 5.50. The highest BCUT2D eigenvalue weighted by atomic mass is 127. The van der Waals surface area contributed by atoms with Crippen molar-refractivity contribution in [2.75, 3.05) is 53.0 Å². The summed E-state index contributed by atoms with van der Waals surface area (Å²) in [4.78, 5) is 10.0. The van der Waals surface area contributed by atoms with E-state index in [1.165, 1.54) is 0 Å². The Morgan fingerprint density at radius 3 is 2.60 bits per heavy atom. The lowest BCUT2D eigenvalue weighted by Gasteiger charge is -2.26. The highest BCUT2D eigenvalue weighted by molar-refractivity contribution is 14.0. The normalized spacial score (nSPS) is 16.4. The van der Waals surface area contributed by atoms with Gasteiger partial charge in [0.1, 0.15) is 0 Å². The SMILES string of the molecule is CN=C(NCCc1nc(C(F)(F)F)cs1)NCCN1CCOCC1.I. The number of hydrogen-bond acceptors (Lipinski definition) is 5. The van der Waals surface area contributed by atoms with Gasteiger partial charge < -0.3 is 15.4 Å². The summed E-state index contributed by atoms with van der Waals surface area (Å²) in [7, 11) is 1.66. The summed E-state index contributed by atoms with van der Waals surface area (Å²) in [6.07, 6.45) is -3.95. The lowest BCUT2D eigenvalue weighted by atomic mass is 10.4. The van der Waals surface area contributed by atoms with Crippen molar-refractivity contribution in [3.8, 4) is 0 Å². The molecule has 0 bridgehead atoms. The van der Waals surface area contributed by atoms with Gasteiger partial charge >= 0.3 is 6.18 Å². The molecule has 2 heterocycles. The largest absolute Gasteiger partial charge is 0.434 e. The number of halogens is 4. The number of nitrogens with zero attached hydrogens (tertiary/aromatic N) is 3. The van der Waals surface area contributed by atoms with Crippen LogP contribution < -0.4 is 10.6 Å². The summed E-state index contributed by atoms with van der Waals surface area (Å²) < 4.78 is 42.8. The molecule has 144 valence electrons. The Morgan fingerprint density at radius 1 is 1.32 bits per heavy atom. The Hall–Kier alpha value is -0.660. The van der Waals surface area contributed by atoms with Crippen molar-refractivity contribution in [3.05, 3.63) is 16.1 Å². The Balaban J connectivity index is 0.00000312. The number of aromatic nitrogens is 1. The lowest BCUT2D eigenvalue weighted by molar-refractivity contribution is -0.140. The fraction of sp³-hybridized carbons (Fsp3) is 0.714. The van der Waals surface area contributed by atoms with Crippen LogP contribution in [0.1, 0.15) is 10.7 Å². The minimum Gasteiger partial charge on any atom is -0.379 e. The second-order valence-electron chi connectivity index (χ2n) is 5.25. The molecule has 0 radical (unpaired) electrons. The predicted octanol–water partition coefficient (Wildman–Crippen LogP) is 1.82. The van der Waals surface area contributed by atoms with Crippen LogP contribution in [-0.4, -0.2) is 68.8 Å². The van der Waals surface area contributed by atoms with Gasteiger partial charge in [-0.3, -0.25) is 9.89 Å². The van der Waals surface area contributed by atoms with Crippen LogP contribution in [0.25, 0.3) is 0 Å². The quantitative estimate of drug-likeness (QED) is 0.360. The number of hydrogen-bond donors (Lipinski definition) is 2. The molecule has 1 aromatic heterocycles. The molecule has 0 amide bonds. The maximum Gasteiger partial charge on any atom is 0.434 e. The number of aliphatic imine (C=N–C) groups is 1. The van der Waals surface area contributed by atoms with E-state index in [-0.39, 0.29) is 24.0 Å². The highest BCUT2D eigenvalue weighted by Gasteiger charge is 2.33.